The molecule has 6 nitrogen and oxygen atoms in total. The third-order valence-corrected chi connectivity index (χ3v) is 5.22. The Labute approximate surface area is 175 Å². The number of halogens is 3. The number of rotatable bonds is 4. The van der Waals surface area contributed by atoms with Crippen LogP contribution in [-0.4, -0.2) is 40.5 Å². The van der Waals surface area contributed by atoms with Gasteiger partial charge in [-0.2, -0.15) is 5.10 Å². The molecule has 0 N–H and O–H groups in total. The fraction of sp³-hybridized carbons (Fsp3) is 0.227. The highest BCUT2D eigenvalue weighted by atomic mass is 19.4. The van der Waals surface area contributed by atoms with E-state index in [0.717, 1.165) is 0 Å². The van der Waals surface area contributed by atoms with Gasteiger partial charge in [0, 0.05) is 23.1 Å². The molecule has 1 aliphatic heterocycles. The maximum absolute atomic E-state index is 13.2. The van der Waals surface area contributed by atoms with Gasteiger partial charge in [-0.05, 0) is 42.8 Å². The van der Waals surface area contributed by atoms with Crippen molar-refractivity contribution < 1.29 is 27.5 Å². The summed E-state index contributed by atoms with van der Waals surface area (Å²) in [6.45, 7) is 1.72. The van der Waals surface area contributed by atoms with E-state index in [1.54, 1.807) is 55.5 Å². The Balaban J connectivity index is 1.83. The largest absolute Gasteiger partial charge is 0.507 e. The minimum Gasteiger partial charge on any atom is -0.497 e. The van der Waals surface area contributed by atoms with Gasteiger partial charge in [0.25, 0.3) is 11.8 Å². The average Bonchev–Trinajstić information content (AvgIpc) is 3.25. The van der Waals surface area contributed by atoms with E-state index < -0.39 is 23.6 Å². The van der Waals surface area contributed by atoms with Crippen LogP contribution in [0.2, 0.25) is 0 Å². The van der Waals surface area contributed by atoms with E-state index in [9.17, 15) is 22.8 Å². The van der Waals surface area contributed by atoms with Crippen molar-refractivity contribution in [3.63, 3.8) is 0 Å². The molecule has 4 rings (SSSR count). The van der Waals surface area contributed by atoms with Gasteiger partial charge in [0.2, 0.25) is 0 Å². The van der Waals surface area contributed by atoms with Gasteiger partial charge in [-0.3, -0.25) is 14.2 Å². The van der Waals surface area contributed by atoms with Crippen LogP contribution in [0, 0.1) is 6.92 Å². The lowest BCUT2D eigenvalue weighted by Crippen LogP contribution is -2.35. The van der Waals surface area contributed by atoms with Crippen LogP contribution in [0.5, 0.6) is 5.75 Å². The van der Waals surface area contributed by atoms with Gasteiger partial charge >= 0.3 is 6.30 Å². The topological polar surface area (TPSA) is 63.9 Å². The molecule has 0 atom stereocenters. The lowest BCUT2D eigenvalue weighted by atomic mass is 10.0. The van der Waals surface area contributed by atoms with E-state index in [-0.39, 0.29) is 18.0 Å². The van der Waals surface area contributed by atoms with Crippen LogP contribution in [0.1, 0.15) is 28.0 Å². The molecular weight excluding hydrogens is 411 g/mol. The van der Waals surface area contributed by atoms with Crippen molar-refractivity contribution in [2.24, 2.45) is 5.10 Å². The molecule has 2 aromatic carbocycles. The molecule has 0 saturated heterocycles. The normalized spacial score (nSPS) is 14.3. The van der Waals surface area contributed by atoms with E-state index >= 15 is 0 Å². The molecule has 1 amide bonds. The summed E-state index contributed by atoms with van der Waals surface area (Å²) in [5.74, 6) is -0.845. The number of fused-ring (bicyclic) bond motifs is 1. The van der Waals surface area contributed by atoms with E-state index in [1.165, 1.54) is 11.7 Å². The average molecular weight is 429 g/mol. The van der Waals surface area contributed by atoms with E-state index in [2.05, 4.69) is 5.10 Å². The lowest BCUT2D eigenvalue weighted by molar-refractivity contribution is -0.238. The summed E-state index contributed by atoms with van der Waals surface area (Å²) in [4.78, 5) is 25.0. The number of alkyl halides is 3. The minimum absolute atomic E-state index is 0.00287. The number of carbonyl (C=O) groups is 2. The number of amides is 1. The fourth-order valence-electron chi connectivity index (χ4n) is 3.77. The molecule has 31 heavy (non-hydrogen) atoms. The zero-order valence-electron chi connectivity index (χ0n) is 16.7. The van der Waals surface area contributed by atoms with Crippen molar-refractivity contribution in [1.82, 2.24) is 9.58 Å². The Hall–Kier alpha value is -3.62. The van der Waals surface area contributed by atoms with Gasteiger partial charge in [0.05, 0.1) is 24.8 Å². The molecule has 0 bridgehead atoms. The number of ether oxygens (including phenoxy) is 1. The van der Waals surface area contributed by atoms with Crippen LogP contribution in [0.25, 0.3) is 10.9 Å². The lowest BCUT2D eigenvalue weighted by Gasteiger charge is -2.14. The third kappa shape index (κ3) is 3.67. The van der Waals surface area contributed by atoms with Crippen LogP contribution >= 0.6 is 0 Å². The number of aromatic nitrogens is 1. The first-order valence-electron chi connectivity index (χ1n) is 9.44. The second-order valence-electron chi connectivity index (χ2n) is 7.15. The first-order chi connectivity index (χ1) is 14.7. The quantitative estimate of drug-likeness (QED) is 0.581. The maximum atomic E-state index is 13.2. The Morgan fingerprint density at radius 2 is 1.87 bits per heavy atom. The van der Waals surface area contributed by atoms with Gasteiger partial charge < -0.3 is 4.74 Å². The molecule has 1 aliphatic rings. The molecule has 1 aromatic heterocycles. The number of carbonyl (C=O) groups excluding carboxylic acids is 2. The molecule has 9 heteroatoms. The molecule has 0 radical (unpaired) electrons. The number of nitrogens with zero attached hydrogens (tertiary/aromatic N) is 3. The monoisotopic (exact) mass is 429 g/mol. The Kier molecular flexibility index (Phi) is 5.04. The van der Waals surface area contributed by atoms with Gasteiger partial charge in [-0.25, -0.2) is 0 Å². The van der Waals surface area contributed by atoms with Crippen LogP contribution in [-0.2, 0) is 11.2 Å². The van der Waals surface area contributed by atoms with Crippen LogP contribution in [0.15, 0.2) is 53.6 Å². The Bertz CT molecular complexity index is 1210. The van der Waals surface area contributed by atoms with Crippen LogP contribution in [0.4, 0.5) is 13.2 Å². The first kappa shape index (κ1) is 20.6. The zero-order valence-corrected chi connectivity index (χ0v) is 16.7. The summed E-state index contributed by atoms with van der Waals surface area (Å²) in [5.41, 5.74) is 2.34. The van der Waals surface area contributed by atoms with Crippen LogP contribution < -0.4 is 4.74 Å². The fourth-order valence-corrected chi connectivity index (χ4v) is 3.77. The second-order valence-corrected chi connectivity index (χ2v) is 7.15. The standard InChI is InChI=1S/C22H18F3N3O3/c1-13-17(10-15-11-20(29)28(26-15)22(23,24)25)18-12-16(31-2)8-9-19(18)27(13)21(30)14-6-4-3-5-7-14/h3-9,12H,10-11H2,1-2H3. The number of hydrazone groups is 1. The summed E-state index contributed by atoms with van der Waals surface area (Å²) < 4.78 is 45.8. The molecule has 0 aliphatic carbocycles. The highest BCUT2D eigenvalue weighted by Gasteiger charge is 2.45. The molecule has 0 unspecified atom stereocenters. The smallest absolute Gasteiger partial charge is 0.497 e. The maximum Gasteiger partial charge on any atom is 0.507 e. The first-order valence-corrected chi connectivity index (χ1v) is 9.44. The molecular formula is C22H18F3N3O3. The third-order valence-electron chi connectivity index (χ3n) is 5.22. The predicted octanol–water partition coefficient (Wildman–Crippen LogP) is 4.30. The van der Waals surface area contributed by atoms with Crippen molar-refractivity contribution >= 4 is 28.4 Å². The van der Waals surface area contributed by atoms with Crippen LogP contribution in [0.3, 0.4) is 0 Å². The van der Waals surface area contributed by atoms with Gasteiger partial charge in [0.15, 0.2) is 0 Å². The molecule has 160 valence electrons. The number of hydrogen-bond donors (Lipinski definition) is 0. The van der Waals surface area contributed by atoms with Crippen molar-refractivity contribution in [3.8, 4) is 5.75 Å². The van der Waals surface area contributed by atoms with Crippen molar-refractivity contribution in [1.29, 1.82) is 0 Å². The number of methoxy groups -OCH3 is 1. The van der Waals surface area contributed by atoms with Crippen molar-refractivity contribution in [2.75, 3.05) is 7.11 Å². The summed E-state index contributed by atoms with van der Waals surface area (Å²) in [5, 5.41) is 3.70. The zero-order chi connectivity index (χ0) is 22.3. The molecule has 0 saturated carbocycles. The SMILES string of the molecule is COc1ccc2c(c1)c(CC1=NN(C(F)(F)F)C(=O)C1)c(C)n2C(=O)c1ccccc1. The molecule has 2 heterocycles. The van der Waals surface area contributed by atoms with E-state index in [0.29, 0.717) is 33.5 Å². The second kappa shape index (κ2) is 7.57. The molecule has 0 fully saturated rings. The summed E-state index contributed by atoms with van der Waals surface area (Å²) in [6, 6.07) is 13.9. The Morgan fingerprint density at radius 1 is 1.16 bits per heavy atom. The predicted molar refractivity (Wildman–Crippen MR) is 108 cm³/mol. The minimum atomic E-state index is -4.87. The van der Waals surface area contributed by atoms with E-state index in [4.69, 9.17) is 4.74 Å². The van der Waals surface area contributed by atoms with Gasteiger partial charge in [-0.15, -0.1) is 18.2 Å². The highest BCUT2D eigenvalue weighted by molar-refractivity contribution is 6.09. The number of hydrogen-bond acceptors (Lipinski definition) is 4. The van der Waals surface area contributed by atoms with Gasteiger partial charge in [0.1, 0.15) is 5.75 Å². The summed E-state index contributed by atoms with van der Waals surface area (Å²) in [6.07, 6.45) is -5.29. The Morgan fingerprint density at radius 3 is 2.48 bits per heavy atom. The highest BCUT2D eigenvalue weighted by Crippen LogP contribution is 2.33. The van der Waals surface area contributed by atoms with Crippen molar-refractivity contribution in [3.05, 3.63) is 65.4 Å². The summed E-state index contributed by atoms with van der Waals surface area (Å²) in [7, 11) is 1.50. The van der Waals surface area contributed by atoms with E-state index in [1.807, 2.05) is 0 Å². The van der Waals surface area contributed by atoms with Crippen molar-refractivity contribution in [2.45, 2.75) is 26.1 Å². The summed E-state index contributed by atoms with van der Waals surface area (Å²) >= 11 is 0. The molecule has 3 aromatic rings. The molecule has 0 spiro atoms. The number of benzene rings is 2. The van der Waals surface area contributed by atoms with Gasteiger partial charge in [-0.1, -0.05) is 18.2 Å².